The molecule has 0 aromatic heterocycles. The van der Waals surface area contributed by atoms with Crippen LogP contribution in [0.25, 0.3) is 6.08 Å². The van der Waals surface area contributed by atoms with Gasteiger partial charge in [0.15, 0.2) is 0 Å². The molecule has 0 N–H and O–H groups in total. The van der Waals surface area contributed by atoms with Gasteiger partial charge in [-0.25, -0.2) is 4.79 Å². The van der Waals surface area contributed by atoms with E-state index >= 15 is 0 Å². The molecule has 2 aromatic rings. The zero-order valence-electron chi connectivity index (χ0n) is 11.1. The van der Waals surface area contributed by atoms with Crippen molar-refractivity contribution in [3.05, 3.63) is 66.2 Å². The Morgan fingerprint density at radius 3 is 2.57 bits per heavy atom. The number of anilines is 1. The van der Waals surface area contributed by atoms with Crippen molar-refractivity contribution in [2.75, 3.05) is 4.90 Å². The summed E-state index contributed by atoms with van der Waals surface area (Å²) in [7, 11) is 0. The summed E-state index contributed by atoms with van der Waals surface area (Å²) in [6, 6.07) is 17.6. The van der Waals surface area contributed by atoms with E-state index in [2.05, 4.69) is 6.07 Å². The molecule has 0 fully saturated rings. The highest BCUT2D eigenvalue weighted by Crippen LogP contribution is 2.29. The molecule has 2 aromatic carbocycles. The van der Waals surface area contributed by atoms with Gasteiger partial charge in [0, 0.05) is 0 Å². The molecule has 21 heavy (non-hydrogen) atoms. The number of amides is 1. The van der Waals surface area contributed by atoms with E-state index in [4.69, 9.17) is 4.74 Å². The molecule has 0 spiro atoms. The number of rotatable bonds is 1. The fraction of sp³-hybridized carbons (Fsp3) is 0.0588. The smallest absolute Gasteiger partial charge is 0.410 e. The lowest BCUT2D eigenvalue weighted by Gasteiger charge is -2.29. The Balaban J connectivity index is 1.93. The van der Waals surface area contributed by atoms with E-state index in [1.165, 1.54) is 4.90 Å². The molecule has 1 aliphatic rings. The third-order valence-corrected chi connectivity index (χ3v) is 3.21. The molecular weight excluding hydrogens is 264 g/mol. The van der Waals surface area contributed by atoms with E-state index in [9.17, 15) is 10.1 Å². The Morgan fingerprint density at radius 1 is 1.10 bits per heavy atom. The van der Waals surface area contributed by atoms with E-state index in [0.717, 1.165) is 5.56 Å². The molecular formula is C17H12N2O2. The Morgan fingerprint density at radius 2 is 1.81 bits per heavy atom. The van der Waals surface area contributed by atoms with Crippen LogP contribution in [0.5, 0.6) is 5.75 Å². The largest absolute Gasteiger partial charge is 0.421 e. The van der Waals surface area contributed by atoms with Crippen molar-refractivity contribution >= 4 is 17.9 Å². The van der Waals surface area contributed by atoms with Crippen LogP contribution in [0, 0.1) is 11.3 Å². The molecule has 1 amide bonds. The number of nitrogens with zero attached hydrogens (tertiary/aromatic N) is 2. The van der Waals surface area contributed by atoms with Gasteiger partial charge < -0.3 is 4.74 Å². The SMILES string of the molecule is N#C[C@H]1C=Cc2ccccc2N1C(=O)Oc1ccccc1. The average Bonchev–Trinajstić information content (AvgIpc) is 2.54. The molecule has 0 aliphatic carbocycles. The van der Waals surface area contributed by atoms with Crippen molar-refractivity contribution in [2.24, 2.45) is 0 Å². The molecule has 102 valence electrons. The molecule has 3 rings (SSSR count). The van der Waals surface area contributed by atoms with Gasteiger partial charge in [-0.3, -0.25) is 4.90 Å². The fourth-order valence-electron chi connectivity index (χ4n) is 2.23. The number of ether oxygens (including phenoxy) is 1. The number of hydrogen-bond acceptors (Lipinski definition) is 3. The maximum atomic E-state index is 12.4. The van der Waals surface area contributed by atoms with Gasteiger partial charge in [0.25, 0.3) is 0 Å². The highest BCUT2D eigenvalue weighted by Gasteiger charge is 2.29. The van der Waals surface area contributed by atoms with E-state index in [0.29, 0.717) is 11.4 Å². The highest BCUT2D eigenvalue weighted by molar-refractivity contribution is 5.95. The number of carbonyl (C=O) groups is 1. The van der Waals surface area contributed by atoms with E-state index in [1.54, 1.807) is 36.4 Å². The van der Waals surface area contributed by atoms with Crippen LogP contribution < -0.4 is 9.64 Å². The summed E-state index contributed by atoms with van der Waals surface area (Å²) in [4.78, 5) is 13.8. The fourth-order valence-corrected chi connectivity index (χ4v) is 2.23. The zero-order chi connectivity index (χ0) is 14.7. The monoisotopic (exact) mass is 276 g/mol. The minimum absolute atomic E-state index is 0.450. The number of fused-ring (bicyclic) bond motifs is 1. The van der Waals surface area contributed by atoms with Gasteiger partial charge in [-0.2, -0.15) is 5.26 Å². The second-order valence-corrected chi connectivity index (χ2v) is 4.54. The zero-order valence-corrected chi connectivity index (χ0v) is 11.1. The number of nitriles is 1. The second kappa shape index (κ2) is 5.51. The number of benzene rings is 2. The Bertz CT molecular complexity index is 732. The predicted molar refractivity (Wildman–Crippen MR) is 79.8 cm³/mol. The van der Waals surface area contributed by atoms with Gasteiger partial charge in [-0.05, 0) is 29.8 Å². The van der Waals surface area contributed by atoms with Crippen molar-refractivity contribution in [2.45, 2.75) is 6.04 Å². The van der Waals surface area contributed by atoms with Crippen molar-refractivity contribution in [1.82, 2.24) is 0 Å². The van der Waals surface area contributed by atoms with Crippen LogP contribution in [0.1, 0.15) is 5.56 Å². The van der Waals surface area contributed by atoms with Gasteiger partial charge >= 0.3 is 6.09 Å². The van der Waals surface area contributed by atoms with Crippen LogP contribution in [0.2, 0.25) is 0 Å². The summed E-state index contributed by atoms with van der Waals surface area (Å²) in [6.07, 6.45) is 2.97. The van der Waals surface area contributed by atoms with Crippen molar-refractivity contribution in [3.8, 4) is 11.8 Å². The van der Waals surface area contributed by atoms with Crippen LogP contribution in [-0.4, -0.2) is 12.1 Å². The summed E-state index contributed by atoms with van der Waals surface area (Å²) in [5.74, 6) is 0.450. The first-order valence-corrected chi connectivity index (χ1v) is 6.52. The topological polar surface area (TPSA) is 53.3 Å². The molecule has 0 radical (unpaired) electrons. The van der Waals surface area contributed by atoms with Crippen molar-refractivity contribution < 1.29 is 9.53 Å². The summed E-state index contributed by atoms with van der Waals surface area (Å²) in [5.41, 5.74) is 1.56. The minimum atomic E-state index is -0.670. The maximum absolute atomic E-state index is 12.4. The Labute approximate surface area is 122 Å². The van der Waals surface area contributed by atoms with Gasteiger partial charge in [0.2, 0.25) is 0 Å². The van der Waals surface area contributed by atoms with Gasteiger partial charge in [-0.15, -0.1) is 0 Å². The lowest BCUT2D eigenvalue weighted by atomic mass is 10.0. The Hall–Kier alpha value is -3.06. The van der Waals surface area contributed by atoms with E-state index < -0.39 is 12.1 Å². The standard InChI is InChI=1S/C17H12N2O2/c18-12-14-11-10-13-6-4-5-9-16(13)19(14)17(20)21-15-7-2-1-3-8-15/h1-11,14H/t14-/m1/s1. The van der Waals surface area contributed by atoms with Crippen LogP contribution in [0.3, 0.4) is 0 Å². The lowest BCUT2D eigenvalue weighted by Crippen LogP contribution is -2.42. The molecule has 4 heteroatoms. The Kier molecular flexibility index (Phi) is 3.40. The lowest BCUT2D eigenvalue weighted by molar-refractivity contribution is 0.207. The van der Waals surface area contributed by atoms with E-state index in [-0.39, 0.29) is 0 Å². The molecule has 0 unspecified atom stereocenters. The highest BCUT2D eigenvalue weighted by atomic mass is 16.6. The normalized spacial score (nSPS) is 16.0. The third-order valence-electron chi connectivity index (χ3n) is 3.21. The first-order chi connectivity index (χ1) is 10.3. The quantitative estimate of drug-likeness (QED) is 0.799. The van der Waals surface area contributed by atoms with Crippen LogP contribution >= 0.6 is 0 Å². The maximum Gasteiger partial charge on any atom is 0.421 e. The number of carbonyl (C=O) groups excluding carboxylic acids is 1. The minimum Gasteiger partial charge on any atom is -0.410 e. The average molecular weight is 276 g/mol. The molecule has 0 bridgehead atoms. The summed E-state index contributed by atoms with van der Waals surface area (Å²) in [6.45, 7) is 0. The molecule has 1 atom stereocenters. The molecule has 1 heterocycles. The second-order valence-electron chi connectivity index (χ2n) is 4.54. The summed E-state index contributed by atoms with van der Waals surface area (Å²) in [5, 5.41) is 9.25. The van der Waals surface area contributed by atoms with Gasteiger partial charge in [0.1, 0.15) is 11.8 Å². The molecule has 0 saturated heterocycles. The van der Waals surface area contributed by atoms with Crippen LogP contribution in [-0.2, 0) is 0 Å². The number of para-hydroxylation sites is 2. The predicted octanol–water partition coefficient (Wildman–Crippen LogP) is 3.61. The van der Waals surface area contributed by atoms with Gasteiger partial charge in [0.05, 0.1) is 11.8 Å². The molecule has 4 nitrogen and oxygen atoms in total. The number of hydrogen-bond donors (Lipinski definition) is 0. The van der Waals surface area contributed by atoms with E-state index in [1.807, 2.05) is 30.3 Å². The molecule has 0 saturated carbocycles. The van der Waals surface area contributed by atoms with Gasteiger partial charge in [-0.1, -0.05) is 42.5 Å². The summed E-state index contributed by atoms with van der Waals surface area (Å²) >= 11 is 0. The third kappa shape index (κ3) is 2.49. The molecule has 1 aliphatic heterocycles. The van der Waals surface area contributed by atoms with Crippen molar-refractivity contribution in [1.29, 1.82) is 5.26 Å². The van der Waals surface area contributed by atoms with Crippen LogP contribution in [0.15, 0.2) is 60.7 Å². The van der Waals surface area contributed by atoms with Crippen LogP contribution in [0.4, 0.5) is 10.5 Å². The first kappa shape index (κ1) is 12.9. The summed E-state index contributed by atoms with van der Waals surface area (Å²) < 4.78 is 5.34. The van der Waals surface area contributed by atoms with Crippen molar-refractivity contribution in [3.63, 3.8) is 0 Å². The first-order valence-electron chi connectivity index (χ1n) is 6.52.